The van der Waals surface area contributed by atoms with Crippen LogP contribution in [0.2, 0.25) is 10.0 Å². The van der Waals surface area contributed by atoms with Gasteiger partial charge in [-0.3, -0.25) is 4.79 Å². The van der Waals surface area contributed by atoms with Crippen molar-refractivity contribution in [3.63, 3.8) is 0 Å². The Morgan fingerprint density at radius 3 is 2.32 bits per heavy atom. The maximum atomic E-state index is 12.0. The Morgan fingerprint density at radius 1 is 0.895 bits per heavy atom. The molecule has 0 N–H and O–H groups in total. The van der Waals surface area contributed by atoms with Crippen molar-refractivity contribution in [2.75, 3.05) is 0 Å². The van der Waals surface area contributed by atoms with Gasteiger partial charge in [0.25, 0.3) is 0 Å². The quantitative estimate of drug-likeness (QED) is 0.646. The third-order valence-corrected chi connectivity index (χ3v) is 3.47. The highest BCUT2D eigenvalue weighted by atomic mass is 35.5. The van der Waals surface area contributed by atoms with E-state index in [4.69, 9.17) is 27.6 Å². The second-order valence-corrected chi connectivity index (χ2v) is 4.88. The molecule has 2 nitrogen and oxygen atoms in total. The van der Waals surface area contributed by atoms with Gasteiger partial charge in [-0.1, -0.05) is 41.4 Å². The summed E-state index contributed by atoms with van der Waals surface area (Å²) in [5.41, 5.74) is 0.933. The molecule has 0 aliphatic rings. The maximum absolute atomic E-state index is 12.0. The summed E-state index contributed by atoms with van der Waals surface area (Å²) in [6.07, 6.45) is 0. The second kappa shape index (κ2) is 4.72. The van der Waals surface area contributed by atoms with E-state index in [2.05, 4.69) is 0 Å². The van der Waals surface area contributed by atoms with E-state index in [0.717, 1.165) is 0 Å². The first-order valence-electron chi connectivity index (χ1n) is 5.64. The summed E-state index contributed by atoms with van der Waals surface area (Å²) in [6.45, 7) is 0. The van der Waals surface area contributed by atoms with E-state index in [9.17, 15) is 4.79 Å². The van der Waals surface area contributed by atoms with E-state index < -0.39 is 0 Å². The molecule has 0 amide bonds. The van der Waals surface area contributed by atoms with Crippen LogP contribution in [0.1, 0.15) is 0 Å². The largest absolute Gasteiger partial charge is 0.456 e. The molecule has 0 unspecified atom stereocenters. The molecule has 0 saturated heterocycles. The zero-order valence-corrected chi connectivity index (χ0v) is 11.2. The first-order valence-corrected chi connectivity index (χ1v) is 6.39. The van der Waals surface area contributed by atoms with E-state index in [1.165, 1.54) is 6.07 Å². The molecule has 94 valence electrons. The minimum atomic E-state index is -0.118. The van der Waals surface area contributed by atoms with Crippen molar-refractivity contribution < 1.29 is 4.42 Å². The highest BCUT2D eigenvalue weighted by Crippen LogP contribution is 2.34. The van der Waals surface area contributed by atoms with Gasteiger partial charge in [0.1, 0.15) is 11.3 Å². The summed E-state index contributed by atoms with van der Waals surface area (Å²) in [5.74, 6) is 0.374. The van der Waals surface area contributed by atoms with Gasteiger partial charge in [0.15, 0.2) is 5.43 Å². The van der Waals surface area contributed by atoms with Gasteiger partial charge < -0.3 is 4.42 Å². The molecule has 0 aliphatic carbocycles. The molecule has 0 radical (unpaired) electrons. The number of para-hydroxylation sites is 1. The molecule has 3 aromatic rings. The molecule has 19 heavy (non-hydrogen) atoms. The number of halogens is 2. The third kappa shape index (κ3) is 2.14. The van der Waals surface area contributed by atoms with E-state index in [0.29, 0.717) is 32.3 Å². The second-order valence-electron chi connectivity index (χ2n) is 4.07. The number of hydrogen-bond acceptors (Lipinski definition) is 2. The van der Waals surface area contributed by atoms with Crippen LogP contribution in [0.4, 0.5) is 0 Å². The fourth-order valence-corrected chi connectivity index (χ4v) is 2.54. The predicted octanol–water partition coefficient (Wildman–Crippen LogP) is 4.77. The number of benzene rings is 2. The summed E-state index contributed by atoms with van der Waals surface area (Å²) in [5, 5.41) is 1.44. The van der Waals surface area contributed by atoms with Crippen LogP contribution in [0.5, 0.6) is 0 Å². The monoisotopic (exact) mass is 290 g/mol. The van der Waals surface area contributed by atoms with E-state index in [1.807, 2.05) is 6.07 Å². The molecule has 3 rings (SSSR count). The predicted molar refractivity (Wildman–Crippen MR) is 77.9 cm³/mol. The Labute approximate surface area is 119 Å². The van der Waals surface area contributed by atoms with Crippen molar-refractivity contribution >= 4 is 34.2 Å². The molecule has 1 aromatic heterocycles. The molecular formula is C15H8Cl2O2. The van der Waals surface area contributed by atoms with Crippen molar-refractivity contribution in [3.8, 4) is 11.3 Å². The molecule has 0 bridgehead atoms. The van der Waals surface area contributed by atoms with Crippen molar-refractivity contribution in [1.29, 1.82) is 0 Å². The molecule has 2 aromatic carbocycles. The smallest absolute Gasteiger partial charge is 0.193 e. The molecule has 0 spiro atoms. The van der Waals surface area contributed by atoms with E-state index in [-0.39, 0.29) is 5.43 Å². The van der Waals surface area contributed by atoms with Gasteiger partial charge >= 0.3 is 0 Å². The lowest BCUT2D eigenvalue weighted by Crippen LogP contribution is -2.00. The summed E-state index contributed by atoms with van der Waals surface area (Å²) >= 11 is 12.2. The van der Waals surface area contributed by atoms with Gasteiger partial charge in [-0.25, -0.2) is 0 Å². The van der Waals surface area contributed by atoms with Gasteiger partial charge in [0, 0.05) is 6.07 Å². The lowest BCUT2D eigenvalue weighted by molar-refractivity contribution is 0.619. The van der Waals surface area contributed by atoms with Gasteiger partial charge in [0.2, 0.25) is 0 Å². The topological polar surface area (TPSA) is 30.2 Å². The number of rotatable bonds is 1. The van der Waals surface area contributed by atoms with E-state index in [1.54, 1.807) is 36.4 Å². The van der Waals surface area contributed by atoms with Gasteiger partial charge in [-0.05, 0) is 24.3 Å². The maximum Gasteiger partial charge on any atom is 0.193 e. The molecular weight excluding hydrogens is 283 g/mol. The molecule has 4 heteroatoms. The zero-order chi connectivity index (χ0) is 13.4. The highest BCUT2D eigenvalue weighted by Gasteiger charge is 2.12. The van der Waals surface area contributed by atoms with Crippen molar-refractivity contribution in [1.82, 2.24) is 0 Å². The Kier molecular flexibility index (Phi) is 3.05. The third-order valence-electron chi connectivity index (χ3n) is 2.84. The minimum absolute atomic E-state index is 0.118. The van der Waals surface area contributed by atoms with Gasteiger partial charge in [0.05, 0.1) is 21.0 Å². The normalized spacial score (nSPS) is 10.8. The molecule has 1 heterocycles. The summed E-state index contributed by atoms with van der Waals surface area (Å²) in [6, 6.07) is 13.6. The molecule has 0 atom stereocenters. The molecule has 0 saturated carbocycles. The van der Waals surface area contributed by atoms with Crippen LogP contribution in [0, 0.1) is 0 Å². The van der Waals surface area contributed by atoms with Crippen LogP contribution < -0.4 is 5.43 Å². The lowest BCUT2D eigenvalue weighted by atomic mass is 10.1. The van der Waals surface area contributed by atoms with Crippen LogP contribution >= 0.6 is 23.2 Å². The van der Waals surface area contributed by atoms with Crippen molar-refractivity contribution in [2.45, 2.75) is 0 Å². The van der Waals surface area contributed by atoms with Gasteiger partial charge in [-0.2, -0.15) is 0 Å². The minimum Gasteiger partial charge on any atom is -0.456 e. The standard InChI is InChI=1S/C15H8Cl2O2/c16-10-5-3-6-11(17)15(10)14-8-12(18)9-4-1-2-7-13(9)19-14/h1-8H. The number of hydrogen-bond donors (Lipinski definition) is 0. The Bertz CT molecular complexity index is 801. The Hall–Kier alpha value is -1.77. The van der Waals surface area contributed by atoms with Crippen LogP contribution in [0.3, 0.4) is 0 Å². The van der Waals surface area contributed by atoms with Crippen LogP contribution in [0.15, 0.2) is 57.7 Å². The molecule has 0 fully saturated rings. The number of fused-ring (bicyclic) bond motifs is 1. The Balaban J connectivity index is 2.35. The summed E-state index contributed by atoms with van der Waals surface area (Å²) < 4.78 is 5.72. The average molecular weight is 291 g/mol. The SMILES string of the molecule is O=c1cc(-c2c(Cl)cccc2Cl)oc2ccccc12. The summed E-state index contributed by atoms with van der Waals surface area (Å²) in [4.78, 5) is 12.0. The first kappa shape index (κ1) is 12.3. The highest BCUT2D eigenvalue weighted by molar-refractivity contribution is 6.39. The lowest BCUT2D eigenvalue weighted by Gasteiger charge is -2.06. The van der Waals surface area contributed by atoms with Crippen LogP contribution in [-0.4, -0.2) is 0 Å². The van der Waals surface area contributed by atoms with Gasteiger partial charge in [-0.15, -0.1) is 0 Å². The van der Waals surface area contributed by atoms with Crippen molar-refractivity contribution in [2.24, 2.45) is 0 Å². The fraction of sp³-hybridized carbons (Fsp3) is 0. The Morgan fingerprint density at radius 2 is 1.58 bits per heavy atom. The fourth-order valence-electron chi connectivity index (χ4n) is 1.96. The first-order chi connectivity index (χ1) is 9.16. The molecule has 0 aliphatic heterocycles. The van der Waals surface area contributed by atoms with Crippen molar-refractivity contribution in [3.05, 3.63) is 68.8 Å². The summed E-state index contributed by atoms with van der Waals surface area (Å²) in [7, 11) is 0. The average Bonchev–Trinajstić information content (AvgIpc) is 2.38. The zero-order valence-electron chi connectivity index (χ0n) is 9.69. The van der Waals surface area contributed by atoms with Crippen LogP contribution in [-0.2, 0) is 0 Å². The van der Waals surface area contributed by atoms with E-state index >= 15 is 0 Å². The van der Waals surface area contributed by atoms with Crippen LogP contribution in [0.25, 0.3) is 22.3 Å².